The lowest BCUT2D eigenvalue weighted by Crippen LogP contribution is -2.14. The van der Waals surface area contributed by atoms with E-state index in [4.69, 9.17) is 4.74 Å². The van der Waals surface area contributed by atoms with E-state index < -0.39 is 6.10 Å². The van der Waals surface area contributed by atoms with Crippen molar-refractivity contribution in [1.29, 1.82) is 0 Å². The number of hydrogen-bond donors (Lipinski definition) is 1. The van der Waals surface area contributed by atoms with Crippen molar-refractivity contribution in [3.8, 4) is 5.75 Å². The van der Waals surface area contributed by atoms with Crippen molar-refractivity contribution in [3.63, 3.8) is 0 Å². The molecule has 0 fully saturated rings. The lowest BCUT2D eigenvalue weighted by molar-refractivity contribution is 0.160. The fourth-order valence-corrected chi connectivity index (χ4v) is 2.40. The van der Waals surface area contributed by atoms with Gasteiger partial charge < -0.3 is 9.84 Å². The van der Waals surface area contributed by atoms with Crippen LogP contribution in [0.25, 0.3) is 0 Å². The third-order valence-electron chi connectivity index (χ3n) is 3.33. The van der Waals surface area contributed by atoms with E-state index in [2.05, 4.69) is 24.2 Å². The van der Waals surface area contributed by atoms with E-state index >= 15 is 0 Å². The zero-order chi connectivity index (χ0) is 14.7. The van der Waals surface area contributed by atoms with Crippen molar-refractivity contribution in [2.45, 2.75) is 39.3 Å². The second-order valence-corrected chi connectivity index (χ2v) is 5.35. The second-order valence-electron chi connectivity index (χ2n) is 5.35. The average molecular weight is 274 g/mol. The molecule has 0 aliphatic rings. The molecule has 1 atom stereocenters. The lowest BCUT2D eigenvalue weighted by atomic mass is 10.0. The molecule has 1 aromatic carbocycles. The number of benzene rings is 1. The van der Waals surface area contributed by atoms with Crippen LogP contribution < -0.4 is 4.74 Å². The summed E-state index contributed by atoms with van der Waals surface area (Å²) in [5.74, 6) is 0.638. The van der Waals surface area contributed by atoms with Crippen molar-refractivity contribution in [2.75, 3.05) is 7.11 Å². The summed E-state index contributed by atoms with van der Waals surface area (Å²) < 4.78 is 7.13. The Bertz CT molecular complexity index is 576. The number of aliphatic hydroxyl groups excluding tert-OH is 1. The first-order valence-electron chi connectivity index (χ1n) is 6.88. The Morgan fingerprint density at radius 1 is 1.35 bits per heavy atom. The zero-order valence-corrected chi connectivity index (χ0v) is 12.5. The number of rotatable bonds is 5. The third-order valence-corrected chi connectivity index (χ3v) is 3.33. The van der Waals surface area contributed by atoms with Crippen molar-refractivity contribution in [3.05, 3.63) is 47.3 Å². The molecule has 0 amide bonds. The smallest absolute Gasteiger partial charge is 0.162 e. The molecule has 1 unspecified atom stereocenters. The van der Waals surface area contributed by atoms with Gasteiger partial charge in [0, 0.05) is 12.5 Å². The van der Waals surface area contributed by atoms with Crippen LogP contribution in [0.4, 0.5) is 0 Å². The molecule has 0 saturated carbocycles. The van der Waals surface area contributed by atoms with Crippen LogP contribution >= 0.6 is 0 Å². The van der Waals surface area contributed by atoms with Gasteiger partial charge in [-0.2, -0.15) is 5.10 Å². The number of ether oxygens (including phenoxy) is 1. The zero-order valence-electron chi connectivity index (χ0n) is 12.5. The highest BCUT2D eigenvalue weighted by atomic mass is 16.5. The number of aromatic nitrogens is 2. The summed E-state index contributed by atoms with van der Waals surface area (Å²) in [7, 11) is 1.60. The molecule has 108 valence electrons. The third kappa shape index (κ3) is 3.02. The Balaban J connectivity index is 2.28. The molecule has 2 aromatic rings. The van der Waals surface area contributed by atoms with E-state index in [9.17, 15) is 5.11 Å². The van der Waals surface area contributed by atoms with E-state index in [0.29, 0.717) is 12.2 Å². The Morgan fingerprint density at radius 3 is 2.70 bits per heavy atom. The standard InChI is InChI=1S/C16H22N2O2/c1-11(2)18-16(15(20-4)10-17-18)14(19)9-13-7-5-6-12(3)8-13/h5-8,10-11,14,19H,9H2,1-4H3. The van der Waals surface area contributed by atoms with Gasteiger partial charge in [0.15, 0.2) is 5.75 Å². The van der Waals surface area contributed by atoms with Crippen LogP contribution in [0.2, 0.25) is 0 Å². The van der Waals surface area contributed by atoms with Gasteiger partial charge in [0.2, 0.25) is 0 Å². The maximum absolute atomic E-state index is 10.6. The molecule has 1 aromatic heterocycles. The van der Waals surface area contributed by atoms with Gasteiger partial charge in [-0.1, -0.05) is 29.8 Å². The first-order valence-corrected chi connectivity index (χ1v) is 6.88. The van der Waals surface area contributed by atoms with E-state index in [1.807, 2.05) is 30.7 Å². The minimum Gasteiger partial charge on any atom is -0.493 e. The summed E-state index contributed by atoms with van der Waals surface area (Å²) in [6.45, 7) is 6.12. The molecule has 4 heteroatoms. The van der Waals surface area contributed by atoms with Gasteiger partial charge in [-0.3, -0.25) is 4.68 Å². The van der Waals surface area contributed by atoms with Crippen LogP contribution in [0.15, 0.2) is 30.5 Å². The van der Waals surface area contributed by atoms with Gasteiger partial charge in [-0.15, -0.1) is 0 Å². The summed E-state index contributed by atoms with van der Waals surface area (Å²) in [6, 6.07) is 8.36. The lowest BCUT2D eigenvalue weighted by Gasteiger charge is -2.17. The minimum atomic E-state index is -0.628. The number of aryl methyl sites for hydroxylation is 1. The molecule has 0 bridgehead atoms. The summed E-state index contributed by atoms with van der Waals surface area (Å²) in [5, 5.41) is 14.9. The van der Waals surface area contributed by atoms with E-state index in [1.165, 1.54) is 5.56 Å². The van der Waals surface area contributed by atoms with Gasteiger partial charge in [-0.05, 0) is 26.3 Å². The largest absolute Gasteiger partial charge is 0.493 e. The molecular weight excluding hydrogens is 252 g/mol. The summed E-state index contributed by atoms with van der Waals surface area (Å²) in [4.78, 5) is 0. The SMILES string of the molecule is COc1cnn(C(C)C)c1C(O)Cc1cccc(C)c1. The first kappa shape index (κ1) is 14.6. The van der Waals surface area contributed by atoms with E-state index in [-0.39, 0.29) is 6.04 Å². The van der Waals surface area contributed by atoms with Crippen LogP contribution in [0.1, 0.15) is 42.8 Å². The summed E-state index contributed by atoms with van der Waals surface area (Å²) >= 11 is 0. The molecule has 4 nitrogen and oxygen atoms in total. The topological polar surface area (TPSA) is 47.3 Å². The molecule has 0 aliphatic carbocycles. The van der Waals surface area contributed by atoms with Crippen LogP contribution in [0.5, 0.6) is 5.75 Å². The summed E-state index contributed by atoms with van der Waals surface area (Å²) in [6.07, 6.45) is 1.59. The monoisotopic (exact) mass is 274 g/mol. The number of methoxy groups -OCH3 is 1. The van der Waals surface area contributed by atoms with Crippen molar-refractivity contribution >= 4 is 0 Å². The Labute approximate surface area is 120 Å². The molecular formula is C16H22N2O2. The van der Waals surface area contributed by atoms with Crippen LogP contribution in [0, 0.1) is 6.92 Å². The maximum Gasteiger partial charge on any atom is 0.162 e. The quantitative estimate of drug-likeness (QED) is 0.911. The normalized spacial score (nSPS) is 12.7. The molecule has 20 heavy (non-hydrogen) atoms. The Kier molecular flexibility index (Phi) is 4.45. The van der Waals surface area contributed by atoms with Crippen LogP contribution in [0.3, 0.4) is 0 Å². The Hall–Kier alpha value is -1.81. The molecule has 0 spiro atoms. The average Bonchev–Trinajstić information content (AvgIpc) is 2.82. The second kappa shape index (κ2) is 6.09. The highest BCUT2D eigenvalue weighted by molar-refractivity contribution is 5.30. The minimum absolute atomic E-state index is 0.182. The molecule has 0 saturated heterocycles. The maximum atomic E-state index is 10.6. The predicted molar refractivity (Wildman–Crippen MR) is 79.0 cm³/mol. The van der Waals surface area contributed by atoms with Crippen LogP contribution in [-0.2, 0) is 6.42 Å². The molecule has 1 N–H and O–H groups in total. The molecule has 0 radical (unpaired) electrons. The van der Waals surface area contributed by atoms with Gasteiger partial charge in [0.05, 0.1) is 13.3 Å². The van der Waals surface area contributed by atoms with Gasteiger partial charge >= 0.3 is 0 Å². The molecule has 0 aliphatic heterocycles. The van der Waals surface area contributed by atoms with Gasteiger partial charge in [0.25, 0.3) is 0 Å². The van der Waals surface area contributed by atoms with Crippen LogP contribution in [-0.4, -0.2) is 22.0 Å². The fraction of sp³-hybridized carbons (Fsp3) is 0.438. The number of aliphatic hydroxyl groups is 1. The van der Waals surface area contributed by atoms with E-state index in [1.54, 1.807) is 13.3 Å². The fourth-order valence-electron chi connectivity index (χ4n) is 2.40. The van der Waals surface area contributed by atoms with Gasteiger partial charge in [0.1, 0.15) is 11.8 Å². The number of hydrogen-bond acceptors (Lipinski definition) is 3. The van der Waals surface area contributed by atoms with E-state index in [0.717, 1.165) is 11.3 Å². The van der Waals surface area contributed by atoms with Crippen molar-refractivity contribution < 1.29 is 9.84 Å². The van der Waals surface area contributed by atoms with Crippen molar-refractivity contribution in [1.82, 2.24) is 9.78 Å². The predicted octanol–water partition coefficient (Wildman–Crippen LogP) is 3.06. The Morgan fingerprint density at radius 2 is 2.10 bits per heavy atom. The first-order chi connectivity index (χ1) is 9.52. The summed E-state index contributed by atoms with van der Waals surface area (Å²) in [5.41, 5.74) is 3.04. The molecule has 1 heterocycles. The number of nitrogens with zero attached hydrogens (tertiary/aromatic N) is 2. The highest BCUT2D eigenvalue weighted by Gasteiger charge is 2.21. The van der Waals surface area contributed by atoms with Crippen molar-refractivity contribution in [2.24, 2.45) is 0 Å². The highest BCUT2D eigenvalue weighted by Crippen LogP contribution is 2.29. The van der Waals surface area contributed by atoms with Gasteiger partial charge in [-0.25, -0.2) is 0 Å². The molecule has 2 rings (SSSR count).